The van der Waals surface area contributed by atoms with Crippen LogP contribution < -0.4 is 21.3 Å². The molecule has 4 amide bonds. The fourth-order valence-electron chi connectivity index (χ4n) is 7.88. The summed E-state index contributed by atoms with van der Waals surface area (Å²) < 4.78 is 21.4. The Bertz CT molecular complexity index is 1770. The van der Waals surface area contributed by atoms with Gasteiger partial charge >= 0.3 is 29.8 Å². The van der Waals surface area contributed by atoms with E-state index in [0.29, 0.717) is 38.6 Å². The van der Waals surface area contributed by atoms with Crippen LogP contribution in [0.3, 0.4) is 0 Å². The largest absolute Gasteiger partial charge is 0.481 e. The number of hydrogen-bond acceptors (Lipinski definition) is 15. The number of ether oxygens (including phenoxy) is 4. The van der Waals surface area contributed by atoms with E-state index in [1.807, 2.05) is 0 Å². The number of aliphatic carboxylic acids is 5. The second-order valence-electron chi connectivity index (χ2n) is 19.6. The lowest BCUT2D eigenvalue weighted by atomic mass is 9.94. The lowest BCUT2D eigenvalue weighted by molar-refractivity contribution is -0.145. The van der Waals surface area contributed by atoms with Gasteiger partial charge < -0.3 is 65.7 Å². The van der Waals surface area contributed by atoms with Gasteiger partial charge in [-0.05, 0) is 51.4 Å². The van der Waals surface area contributed by atoms with Crippen molar-refractivity contribution < 1.29 is 97.2 Å². The Balaban J connectivity index is 3.95. The van der Waals surface area contributed by atoms with Gasteiger partial charge in [-0.1, -0.05) is 90.4 Å². The fraction of sp³-hybridized carbons (Fsp3) is 0.796. The normalized spacial score (nSPS) is 12.6. The third-order valence-electron chi connectivity index (χ3n) is 12.6. The number of Topliss-reactive ketones (excluding diaryl/α,β-unsaturated/α-hetero) is 2. The summed E-state index contributed by atoms with van der Waals surface area (Å²) in [6.07, 6.45) is 16.0. The van der Waals surface area contributed by atoms with E-state index in [9.17, 15) is 68.1 Å². The SMILES string of the molecule is C[C@@H](CCCCNC(=O)CC[C@H](CC(=O)CC[C@H](NC(=O)COCCOCCCC(=O)COCCOCCNC(=O)CC[C@H](NC(=O)CCCCCCCCCCCCCCCCC(=O)O)C(=O)O)C(=O)O)C(=O)O)C(=O)O. The molecule has 0 fully saturated rings. The van der Waals surface area contributed by atoms with Crippen molar-refractivity contribution in [2.24, 2.45) is 11.8 Å². The standard InChI is InChI=1S/C54H92N4O20/c1-40(51(67)68)19-16-17-29-55-46(61)27-23-41(52(69)70)37-42(59)24-25-44(53(71)72)58-49(64)39-78-36-33-75-31-18-20-43(60)38-77-35-34-76-32-30-56-47(62)28-26-45(54(73)74)57-48(63)21-14-12-10-8-6-4-2-3-5-7-9-11-13-15-22-50(65)66/h40-41,44-45H,2-39H2,1H3,(H,55,61)(H,56,62)(H,57,63)(H,58,64)(H,65,66)(H,67,68)(H,69,70)(H,71,72)(H,73,74)/t40-,41+,44-,45-/m0/s1. The lowest BCUT2D eigenvalue weighted by Crippen LogP contribution is -2.42. The molecular formula is C54H92N4O20. The van der Waals surface area contributed by atoms with Crippen molar-refractivity contribution >= 4 is 65.0 Å². The molecule has 24 nitrogen and oxygen atoms in total. The zero-order valence-electron chi connectivity index (χ0n) is 46.0. The first kappa shape index (κ1) is 72.4. The van der Waals surface area contributed by atoms with E-state index >= 15 is 0 Å². The number of carbonyl (C=O) groups excluding carboxylic acids is 6. The Labute approximate surface area is 458 Å². The zero-order valence-corrected chi connectivity index (χ0v) is 46.0. The molecule has 0 aliphatic rings. The van der Waals surface area contributed by atoms with E-state index < -0.39 is 84.4 Å². The monoisotopic (exact) mass is 1120 g/mol. The number of amides is 4. The van der Waals surface area contributed by atoms with Gasteiger partial charge in [0.05, 0.1) is 44.9 Å². The summed E-state index contributed by atoms with van der Waals surface area (Å²) in [5.41, 5.74) is 0. The maximum atomic E-state index is 12.5. The smallest absolute Gasteiger partial charge is 0.326 e. The van der Waals surface area contributed by atoms with Crippen molar-refractivity contribution in [1.82, 2.24) is 21.3 Å². The molecule has 0 unspecified atom stereocenters. The molecule has 0 radical (unpaired) electrons. The van der Waals surface area contributed by atoms with Crippen LogP contribution in [0.25, 0.3) is 0 Å². The van der Waals surface area contributed by atoms with Crippen LogP contribution in [0.4, 0.5) is 0 Å². The van der Waals surface area contributed by atoms with Crippen LogP contribution in [0, 0.1) is 11.8 Å². The highest BCUT2D eigenvalue weighted by atomic mass is 16.5. The average Bonchev–Trinajstić information content (AvgIpc) is 3.38. The predicted octanol–water partition coefficient (Wildman–Crippen LogP) is 4.99. The molecule has 0 aromatic heterocycles. The molecular weight excluding hydrogens is 1020 g/mol. The van der Waals surface area contributed by atoms with Crippen molar-refractivity contribution in [3.05, 3.63) is 0 Å². The summed E-state index contributed by atoms with van der Waals surface area (Å²) in [5, 5.41) is 56.3. The molecule has 0 aliphatic heterocycles. The number of carboxylic acids is 5. The van der Waals surface area contributed by atoms with Gasteiger partial charge in [0.15, 0.2) is 5.78 Å². The van der Waals surface area contributed by atoms with Gasteiger partial charge in [-0.15, -0.1) is 0 Å². The van der Waals surface area contributed by atoms with Crippen LogP contribution in [0.15, 0.2) is 0 Å². The second-order valence-corrected chi connectivity index (χ2v) is 19.6. The van der Waals surface area contributed by atoms with Crippen LogP contribution in [-0.4, -0.2) is 169 Å². The van der Waals surface area contributed by atoms with Crippen LogP contribution >= 0.6 is 0 Å². The fourth-order valence-corrected chi connectivity index (χ4v) is 7.88. The molecule has 78 heavy (non-hydrogen) atoms. The lowest BCUT2D eigenvalue weighted by Gasteiger charge is -2.15. The molecule has 0 aromatic carbocycles. The molecule has 24 heteroatoms. The molecule has 0 rings (SSSR count). The Morgan fingerprint density at radius 3 is 1.37 bits per heavy atom. The van der Waals surface area contributed by atoms with Gasteiger partial charge in [-0.3, -0.25) is 43.2 Å². The van der Waals surface area contributed by atoms with Crippen molar-refractivity contribution in [2.75, 3.05) is 65.9 Å². The summed E-state index contributed by atoms with van der Waals surface area (Å²) >= 11 is 0. The number of carboxylic acid groups (broad SMARTS) is 5. The first-order chi connectivity index (χ1) is 37.3. The van der Waals surface area contributed by atoms with E-state index in [0.717, 1.165) is 51.4 Å². The Kier molecular flexibility index (Phi) is 45.1. The highest BCUT2D eigenvalue weighted by molar-refractivity contribution is 5.87. The number of carbonyl (C=O) groups is 11. The molecule has 4 atom stereocenters. The van der Waals surface area contributed by atoms with Crippen molar-refractivity contribution in [1.29, 1.82) is 0 Å². The van der Waals surface area contributed by atoms with Crippen molar-refractivity contribution in [2.45, 2.75) is 199 Å². The number of hydrogen-bond donors (Lipinski definition) is 9. The minimum atomic E-state index is -1.44. The van der Waals surface area contributed by atoms with Gasteiger partial charge in [0.2, 0.25) is 23.6 Å². The quantitative estimate of drug-likeness (QED) is 0.0362. The molecule has 9 N–H and O–H groups in total. The van der Waals surface area contributed by atoms with Crippen molar-refractivity contribution in [3.63, 3.8) is 0 Å². The highest BCUT2D eigenvalue weighted by Crippen LogP contribution is 2.17. The highest BCUT2D eigenvalue weighted by Gasteiger charge is 2.26. The molecule has 448 valence electrons. The summed E-state index contributed by atoms with van der Waals surface area (Å²) in [4.78, 5) is 130. The van der Waals surface area contributed by atoms with E-state index in [1.54, 1.807) is 6.92 Å². The molecule has 0 heterocycles. The second kappa shape index (κ2) is 48.5. The summed E-state index contributed by atoms with van der Waals surface area (Å²) in [7, 11) is 0. The predicted molar refractivity (Wildman–Crippen MR) is 283 cm³/mol. The minimum absolute atomic E-state index is 0.0108. The molecule has 0 bridgehead atoms. The van der Waals surface area contributed by atoms with Crippen LogP contribution in [0.5, 0.6) is 0 Å². The van der Waals surface area contributed by atoms with Gasteiger partial charge in [-0.25, -0.2) is 9.59 Å². The Morgan fingerprint density at radius 2 is 0.833 bits per heavy atom. The molecule has 0 spiro atoms. The van der Waals surface area contributed by atoms with Gasteiger partial charge in [0, 0.05) is 64.6 Å². The summed E-state index contributed by atoms with van der Waals surface area (Å²) in [5.74, 6) is -9.81. The van der Waals surface area contributed by atoms with E-state index in [1.165, 1.54) is 32.1 Å². The van der Waals surface area contributed by atoms with Gasteiger partial charge in [0.25, 0.3) is 0 Å². The maximum Gasteiger partial charge on any atom is 0.326 e. The third kappa shape index (κ3) is 45.4. The number of unbranched alkanes of at least 4 members (excludes halogenated alkanes) is 14. The Hall–Kier alpha value is -5.59. The number of rotatable bonds is 56. The molecule has 0 saturated heterocycles. The van der Waals surface area contributed by atoms with Gasteiger partial charge in [0.1, 0.15) is 31.1 Å². The first-order valence-electron chi connectivity index (χ1n) is 27.9. The molecule has 0 aliphatic carbocycles. The number of ketones is 2. The maximum absolute atomic E-state index is 12.5. The van der Waals surface area contributed by atoms with E-state index in [2.05, 4.69) is 21.3 Å². The summed E-state index contributed by atoms with van der Waals surface area (Å²) in [6, 6.07) is -2.61. The van der Waals surface area contributed by atoms with Crippen molar-refractivity contribution in [3.8, 4) is 0 Å². The minimum Gasteiger partial charge on any atom is -0.481 e. The van der Waals surface area contributed by atoms with E-state index in [-0.39, 0.29) is 128 Å². The Morgan fingerprint density at radius 1 is 0.359 bits per heavy atom. The van der Waals surface area contributed by atoms with Crippen LogP contribution in [0.2, 0.25) is 0 Å². The number of nitrogens with one attached hydrogen (secondary N) is 4. The third-order valence-corrected chi connectivity index (χ3v) is 12.6. The van der Waals surface area contributed by atoms with Gasteiger partial charge in [-0.2, -0.15) is 0 Å². The van der Waals surface area contributed by atoms with E-state index in [4.69, 9.17) is 29.2 Å². The average molecular weight is 1120 g/mol. The van der Waals surface area contributed by atoms with Crippen LogP contribution in [0.1, 0.15) is 187 Å². The molecule has 0 saturated carbocycles. The topological polar surface area (TPSA) is 374 Å². The van der Waals surface area contributed by atoms with Crippen LogP contribution in [-0.2, 0) is 71.7 Å². The summed E-state index contributed by atoms with van der Waals surface area (Å²) in [6.45, 7) is 2.17. The zero-order chi connectivity index (χ0) is 58.2. The first-order valence-corrected chi connectivity index (χ1v) is 27.9. The molecule has 0 aromatic rings.